The lowest BCUT2D eigenvalue weighted by atomic mass is 10.1. The summed E-state index contributed by atoms with van der Waals surface area (Å²) in [5.74, 6) is -0.180. The maximum Gasteiger partial charge on any atom is 0.256 e. The van der Waals surface area contributed by atoms with Crippen molar-refractivity contribution >= 4 is 41.6 Å². The molecule has 1 aromatic rings. The van der Waals surface area contributed by atoms with Crippen LogP contribution in [0.15, 0.2) is 12.1 Å². The molecule has 9 heteroatoms. The van der Waals surface area contributed by atoms with Crippen LogP contribution in [0.5, 0.6) is 5.75 Å². The minimum absolute atomic E-state index is 0. The van der Waals surface area contributed by atoms with Crippen molar-refractivity contribution in [3.63, 3.8) is 0 Å². The van der Waals surface area contributed by atoms with Crippen LogP contribution in [0.25, 0.3) is 0 Å². The number of carbonyl (C=O) groups excluding carboxylic acids is 1. The van der Waals surface area contributed by atoms with E-state index in [-0.39, 0.29) is 34.9 Å². The fraction of sp³-hybridized carbons (Fsp3) is 0.385. The summed E-state index contributed by atoms with van der Waals surface area (Å²) in [4.78, 5) is 13.8. The summed E-state index contributed by atoms with van der Waals surface area (Å²) in [5, 5.41) is 10.5. The highest BCUT2D eigenvalue weighted by Crippen LogP contribution is 2.28. The molecule has 6 N–H and O–H groups in total. The van der Waals surface area contributed by atoms with E-state index in [2.05, 4.69) is 5.32 Å². The third-order valence-electron chi connectivity index (χ3n) is 3.02. The standard InChI is InChI=1S/C13H20ClN5O2.ClH/c1-4-19(13(16)17)7(2)18-12(20)8-5-9(14)10(15)6-11(8)21-3;/h5-7H,4,15H2,1-3H3,(H3,16,17)(H,18,20);1H. The van der Waals surface area contributed by atoms with Crippen LogP contribution in [-0.2, 0) is 0 Å². The molecular weight excluding hydrogens is 329 g/mol. The average molecular weight is 350 g/mol. The normalized spacial score (nSPS) is 11.1. The Balaban J connectivity index is 0.00000441. The second-order valence-corrected chi connectivity index (χ2v) is 4.80. The molecule has 0 spiro atoms. The predicted octanol–water partition coefficient (Wildman–Crippen LogP) is 1.64. The van der Waals surface area contributed by atoms with Gasteiger partial charge in [-0.1, -0.05) is 11.6 Å². The maximum atomic E-state index is 12.3. The number of hydrogen-bond acceptors (Lipinski definition) is 4. The summed E-state index contributed by atoms with van der Waals surface area (Å²) in [7, 11) is 1.44. The van der Waals surface area contributed by atoms with E-state index >= 15 is 0 Å². The molecule has 0 radical (unpaired) electrons. The number of benzene rings is 1. The fourth-order valence-electron chi connectivity index (χ4n) is 1.91. The van der Waals surface area contributed by atoms with Crippen LogP contribution in [0.1, 0.15) is 24.2 Å². The summed E-state index contributed by atoms with van der Waals surface area (Å²) in [5.41, 5.74) is 11.7. The first-order chi connectivity index (χ1) is 9.81. The van der Waals surface area contributed by atoms with Gasteiger partial charge < -0.3 is 26.4 Å². The van der Waals surface area contributed by atoms with Crippen LogP contribution in [-0.4, -0.2) is 36.6 Å². The third kappa shape index (κ3) is 4.57. The smallest absolute Gasteiger partial charge is 0.256 e. The van der Waals surface area contributed by atoms with Crippen molar-refractivity contribution < 1.29 is 9.53 Å². The van der Waals surface area contributed by atoms with Gasteiger partial charge >= 0.3 is 0 Å². The summed E-state index contributed by atoms with van der Waals surface area (Å²) in [6.07, 6.45) is -0.443. The van der Waals surface area contributed by atoms with E-state index < -0.39 is 6.17 Å². The van der Waals surface area contributed by atoms with Crippen molar-refractivity contribution in [1.29, 1.82) is 5.41 Å². The number of nitrogens with zero attached hydrogens (tertiary/aromatic N) is 1. The highest BCUT2D eigenvalue weighted by Gasteiger charge is 2.20. The number of ether oxygens (including phenoxy) is 1. The zero-order chi connectivity index (χ0) is 16.2. The fourth-order valence-corrected chi connectivity index (χ4v) is 2.08. The first-order valence-electron chi connectivity index (χ1n) is 6.36. The Bertz CT molecular complexity index is 553. The van der Waals surface area contributed by atoms with Gasteiger partial charge in [-0.05, 0) is 19.9 Å². The molecule has 0 fully saturated rings. The van der Waals surface area contributed by atoms with Crippen LogP contribution in [0.2, 0.25) is 5.02 Å². The monoisotopic (exact) mass is 349 g/mol. The molecule has 0 aliphatic carbocycles. The van der Waals surface area contributed by atoms with Gasteiger partial charge in [0.1, 0.15) is 11.9 Å². The molecule has 0 aliphatic rings. The Labute approximate surface area is 140 Å². The van der Waals surface area contributed by atoms with Gasteiger partial charge in [0.2, 0.25) is 0 Å². The van der Waals surface area contributed by atoms with Gasteiger partial charge in [-0.2, -0.15) is 0 Å². The SMILES string of the molecule is CCN(C(=N)N)C(C)NC(=O)c1cc(Cl)c(N)cc1OC.Cl. The van der Waals surface area contributed by atoms with Crippen molar-refractivity contribution in [3.05, 3.63) is 22.7 Å². The summed E-state index contributed by atoms with van der Waals surface area (Å²) < 4.78 is 5.14. The van der Waals surface area contributed by atoms with Crippen molar-refractivity contribution in [2.45, 2.75) is 20.0 Å². The summed E-state index contributed by atoms with van der Waals surface area (Å²) in [6, 6.07) is 2.94. The summed E-state index contributed by atoms with van der Waals surface area (Å²) in [6.45, 7) is 4.06. The molecule has 1 rings (SSSR count). The van der Waals surface area contributed by atoms with Crippen molar-refractivity contribution in [2.75, 3.05) is 19.4 Å². The summed E-state index contributed by atoms with van der Waals surface area (Å²) >= 11 is 5.94. The molecule has 0 bridgehead atoms. The lowest BCUT2D eigenvalue weighted by molar-refractivity contribution is 0.0905. The molecular formula is C13H21Cl2N5O2. The lowest BCUT2D eigenvalue weighted by Gasteiger charge is -2.28. The molecule has 7 nitrogen and oxygen atoms in total. The van der Waals surface area contributed by atoms with Crippen molar-refractivity contribution in [1.82, 2.24) is 10.2 Å². The number of amides is 1. The Kier molecular flexibility index (Phi) is 7.83. The topological polar surface area (TPSA) is 117 Å². The number of methoxy groups -OCH3 is 1. The van der Waals surface area contributed by atoms with Gasteiger partial charge in [0.05, 0.1) is 23.4 Å². The largest absolute Gasteiger partial charge is 0.496 e. The van der Waals surface area contributed by atoms with E-state index in [1.807, 2.05) is 6.92 Å². The first-order valence-corrected chi connectivity index (χ1v) is 6.74. The molecule has 22 heavy (non-hydrogen) atoms. The van der Waals surface area contributed by atoms with Crippen LogP contribution < -0.4 is 21.5 Å². The predicted molar refractivity (Wildman–Crippen MR) is 90.9 cm³/mol. The maximum absolute atomic E-state index is 12.3. The number of nitrogens with one attached hydrogen (secondary N) is 2. The van der Waals surface area contributed by atoms with E-state index in [0.717, 1.165) is 0 Å². The number of anilines is 1. The highest BCUT2D eigenvalue weighted by atomic mass is 35.5. The molecule has 1 aromatic carbocycles. The molecule has 0 aromatic heterocycles. The van der Waals surface area contributed by atoms with Gasteiger partial charge in [-0.3, -0.25) is 10.2 Å². The van der Waals surface area contributed by atoms with Gasteiger partial charge in [0, 0.05) is 12.6 Å². The molecule has 0 aliphatic heterocycles. The number of guanidine groups is 1. The minimum Gasteiger partial charge on any atom is -0.496 e. The number of halogens is 2. The number of nitrogen functional groups attached to an aromatic ring is 1. The van der Waals surface area contributed by atoms with E-state index in [0.29, 0.717) is 18.0 Å². The zero-order valence-electron chi connectivity index (χ0n) is 12.6. The van der Waals surface area contributed by atoms with E-state index in [4.69, 9.17) is 33.2 Å². The van der Waals surface area contributed by atoms with E-state index in [9.17, 15) is 4.79 Å². The first kappa shape index (κ1) is 20.1. The highest BCUT2D eigenvalue weighted by molar-refractivity contribution is 6.33. The number of carbonyl (C=O) groups is 1. The molecule has 0 heterocycles. The Morgan fingerprint density at radius 1 is 1.55 bits per heavy atom. The van der Waals surface area contributed by atoms with Gasteiger partial charge in [-0.15, -0.1) is 12.4 Å². The second-order valence-electron chi connectivity index (χ2n) is 4.39. The quantitative estimate of drug-likeness (QED) is 0.279. The zero-order valence-corrected chi connectivity index (χ0v) is 14.2. The van der Waals surface area contributed by atoms with Gasteiger partial charge in [-0.25, -0.2) is 0 Å². The molecule has 124 valence electrons. The molecule has 0 saturated heterocycles. The molecule has 1 amide bonds. The van der Waals surface area contributed by atoms with Crippen molar-refractivity contribution in [3.8, 4) is 5.75 Å². The van der Waals surface area contributed by atoms with Crippen LogP contribution in [0, 0.1) is 5.41 Å². The molecule has 1 atom stereocenters. The van der Waals surface area contributed by atoms with E-state index in [1.165, 1.54) is 24.1 Å². The van der Waals surface area contributed by atoms with Crippen LogP contribution >= 0.6 is 24.0 Å². The Morgan fingerprint density at radius 3 is 2.59 bits per heavy atom. The number of rotatable bonds is 5. The van der Waals surface area contributed by atoms with E-state index in [1.54, 1.807) is 6.92 Å². The number of hydrogen-bond donors (Lipinski definition) is 4. The average Bonchev–Trinajstić information content (AvgIpc) is 2.41. The van der Waals surface area contributed by atoms with Gasteiger partial charge in [0.25, 0.3) is 5.91 Å². The third-order valence-corrected chi connectivity index (χ3v) is 3.35. The van der Waals surface area contributed by atoms with Crippen LogP contribution in [0.3, 0.4) is 0 Å². The Hall–Kier alpha value is -1.86. The van der Waals surface area contributed by atoms with Crippen LogP contribution in [0.4, 0.5) is 5.69 Å². The minimum atomic E-state index is -0.443. The van der Waals surface area contributed by atoms with Gasteiger partial charge in [0.15, 0.2) is 5.96 Å². The lowest BCUT2D eigenvalue weighted by Crippen LogP contribution is -2.51. The van der Waals surface area contributed by atoms with Crippen molar-refractivity contribution in [2.24, 2.45) is 5.73 Å². The second kappa shape index (κ2) is 8.55. The molecule has 1 unspecified atom stereocenters. The molecule has 0 saturated carbocycles. The Morgan fingerprint density at radius 2 is 2.14 bits per heavy atom. The number of nitrogens with two attached hydrogens (primary N) is 2.